The third-order valence-corrected chi connectivity index (χ3v) is 3.52. The van der Waals surface area contributed by atoms with Gasteiger partial charge in [-0.25, -0.2) is 0 Å². The third-order valence-electron chi connectivity index (χ3n) is 3.21. The summed E-state index contributed by atoms with van der Waals surface area (Å²) in [6.45, 7) is 2.02. The van der Waals surface area contributed by atoms with E-state index in [0.717, 1.165) is 25.2 Å². The van der Waals surface area contributed by atoms with Gasteiger partial charge in [0, 0.05) is 25.3 Å². The Morgan fingerprint density at radius 3 is 2.88 bits per heavy atom. The van der Waals surface area contributed by atoms with Gasteiger partial charge in [-0.3, -0.25) is 4.79 Å². The van der Waals surface area contributed by atoms with Crippen LogP contribution in [0.25, 0.3) is 0 Å². The number of hydrogen-bond acceptors (Lipinski definition) is 3. The second kappa shape index (κ2) is 4.94. The minimum atomic E-state index is -0.494. The summed E-state index contributed by atoms with van der Waals surface area (Å²) < 4.78 is 0. The molecule has 1 atom stereocenters. The van der Waals surface area contributed by atoms with E-state index in [0.29, 0.717) is 16.6 Å². The number of rotatable bonds is 3. The number of nitrogens with zero attached hydrogens (tertiary/aromatic N) is 1. The Morgan fingerprint density at radius 2 is 2.35 bits per heavy atom. The van der Waals surface area contributed by atoms with E-state index in [1.807, 2.05) is 13.1 Å². The van der Waals surface area contributed by atoms with Crippen molar-refractivity contribution in [1.82, 2.24) is 5.32 Å². The molecule has 1 fully saturated rings. The van der Waals surface area contributed by atoms with E-state index in [-0.39, 0.29) is 0 Å². The molecule has 0 saturated carbocycles. The van der Waals surface area contributed by atoms with E-state index in [1.165, 1.54) is 0 Å². The summed E-state index contributed by atoms with van der Waals surface area (Å²) in [5.74, 6) is -0.494. The Hall–Kier alpha value is -1.26. The summed E-state index contributed by atoms with van der Waals surface area (Å²) in [4.78, 5) is 13.3. The summed E-state index contributed by atoms with van der Waals surface area (Å²) in [5, 5.41) is 3.73. The zero-order chi connectivity index (χ0) is 12.4. The molecule has 1 aromatic carbocycles. The van der Waals surface area contributed by atoms with Crippen LogP contribution in [0.3, 0.4) is 0 Å². The van der Waals surface area contributed by atoms with Crippen LogP contribution in [0.5, 0.6) is 0 Å². The molecular weight excluding hydrogens is 238 g/mol. The van der Waals surface area contributed by atoms with Crippen LogP contribution < -0.4 is 16.0 Å². The standard InChI is InChI=1S/C12H16ClN3O/c1-16(9-4-5-15-7-9)8-2-3-10(12(14)17)11(13)6-8/h2-3,6,9,15H,4-5,7H2,1H3,(H2,14,17). The van der Waals surface area contributed by atoms with Crippen molar-refractivity contribution >= 4 is 23.2 Å². The molecule has 1 aliphatic heterocycles. The predicted molar refractivity (Wildman–Crippen MR) is 69.6 cm³/mol. The van der Waals surface area contributed by atoms with Crippen LogP contribution in [0.4, 0.5) is 5.69 Å². The van der Waals surface area contributed by atoms with Crippen molar-refractivity contribution in [3.05, 3.63) is 28.8 Å². The molecule has 1 unspecified atom stereocenters. The Kier molecular flexibility index (Phi) is 3.54. The average Bonchev–Trinajstić information content (AvgIpc) is 2.80. The number of benzene rings is 1. The monoisotopic (exact) mass is 253 g/mol. The molecule has 2 rings (SSSR count). The Balaban J connectivity index is 2.21. The highest BCUT2D eigenvalue weighted by atomic mass is 35.5. The highest BCUT2D eigenvalue weighted by Gasteiger charge is 2.20. The normalized spacial score (nSPS) is 19.3. The van der Waals surface area contributed by atoms with Crippen LogP contribution in [0, 0.1) is 0 Å². The van der Waals surface area contributed by atoms with E-state index < -0.39 is 5.91 Å². The average molecular weight is 254 g/mol. The summed E-state index contributed by atoms with van der Waals surface area (Å²) in [5.41, 5.74) is 6.59. The first-order chi connectivity index (χ1) is 8.09. The van der Waals surface area contributed by atoms with E-state index in [4.69, 9.17) is 17.3 Å². The molecule has 17 heavy (non-hydrogen) atoms. The molecule has 0 spiro atoms. The van der Waals surface area contributed by atoms with Crippen molar-refractivity contribution in [3.63, 3.8) is 0 Å². The highest BCUT2D eigenvalue weighted by Crippen LogP contribution is 2.25. The van der Waals surface area contributed by atoms with Gasteiger partial charge < -0.3 is 16.0 Å². The SMILES string of the molecule is CN(c1ccc(C(N)=O)c(Cl)c1)C1CCNC1. The van der Waals surface area contributed by atoms with Gasteiger partial charge in [-0.1, -0.05) is 11.6 Å². The van der Waals surface area contributed by atoms with Crippen LogP contribution >= 0.6 is 11.6 Å². The lowest BCUT2D eigenvalue weighted by molar-refractivity contribution is 0.100. The molecule has 0 aromatic heterocycles. The Labute approximate surface area is 106 Å². The smallest absolute Gasteiger partial charge is 0.250 e. The lowest BCUT2D eigenvalue weighted by Gasteiger charge is -2.26. The molecule has 1 saturated heterocycles. The second-order valence-electron chi connectivity index (χ2n) is 4.29. The third kappa shape index (κ3) is 2.53. The number of carbonyl (C=O) groups excluding carboxylic acids is 1. The van der Waals surface area contributed by atoms with E-state index in [9.17, 15) is 4.79 Å². The summed E-state index contributed by atoms with van der Waals surface area (Å²) in [6.07, 6.45) is 1.12. The van der Waals surface area contributed by atoms with Gasteiger partial charge in [0.15, 0.2) is 0 Å². The van der Waals surface area contributed by atoms with Gasteiger partial charge in [0.05, 0.1) is 10.6 Å². The summed E-state index contributed by atoms with van der Waals surface area (Å²) >= 11 is 6.03. The summed E-state index contributed by atoms with van der Waals surface area (Å²) in [7, 11) is 2.03. The number of anilines is 1. The van der Waals surface area contributed by atoms with Crippen LogP contribution in [-0.2, 0) is 0 Å². The number of hydrogen-bond donors (Lipinski definition) is 2. The molecule has 0 bridgehead atoms. The van der Waals surface area contributed by atoms with E-state index in [1.54, 1.807) is 12.1 Å². The maximum absolute atomic E-state index is 11.1. The van der Waals surface area contributed by atoms with Crippen LogP contribution in [0.1, 0.15) is 16.8 Å². The van der Waals surface area contributed by atoms with Crippen molar-refractivity contribution in [2.24, 2.45) is 5.73 Å². The van der Waals surface area contributed by atoms with Crippen molar-refractivity contribution in [2.45, 2.75) is 12.5 Å². The summed E-state index contributed by atoms with van der Waals surface area (Å²) in [6, 6.07) is 5.83. The molecule has 5 heteroatoms. The van der Waals surface area contributed by atoms with Gasteiger partial charge in [0.1, 0.15) is 0 Å². The van der Waals surface area contributed by atoms with Crippen molar-refractivity contribution in [3.8, 4) is 0 Å². The number of carbonyl (C=O) groups is 1. The molecule has 1 aliphatic rings. The van der Waals surface area contributed by atoms with E-state index >= 15 is 0 Å². The maximum atomic E-state index is 11.1. The molecule has 0 aliphatic carbocycles. The molecule has 1 aromatic rings. The quantitative estimate of drug-likeness (QED) is 0.852. The van der Waals surface area contributed by atoms with Crippen LogP contribution in [0.15, 0.2) is 18.2 Å². The highest BCUT2D eigenvalue weighted by molar-refractivity contribution is 6.34. The minimum Gasteiger partial charge on any atom is -0.370 e. The van der Waals surface area contributed by atoms with Gasteiger partial charge in [0.25, 0.3) is 0 Å². The minimum absolute atomic E-state index is 0.369. The van der Waals surface area contributed by atoms with Gasteiger partial charge in [-0.2, -0.15) is 0 Å². The lowest BCUT2D eigenvalue weighted by atomic mass is 10.1. The number of nitrogens with two attached hydrogens (primary N) is 1. The van der Waals surface area contributed by atoms with Gasteiger partial charge >= 0.3 is 0 Å². The zero-order valence-electron chi connectivity index (χ0n) is 9.74. The first kappa shape index (κ1) is 12.2. The number of nitrogens with one attached hydrogen (secondary N) is 1. The molecule has 1 heterocycles. The largest absolute Gasteiger partial charge is 0.370 e. The Morgan fingerprint density at radius 1 is 1.59 bits per heavy atom. The topological polar surface area (TPSA) is 58.4 Å². The molecular formula is C12H16ClN3O. The molecule has 1 amide bonds. The number of halogens is 1. The fraction of sp³-hybridized carbons (Fsp3) is 0.417. The van der Waals surface area contributed by atoms with Crippen molar-refractivity contribution < 1.29 is 4.79 Å². The van der Waals surface area contributed by atoms with Crippen molar-refractivity contribution in [1.29, 1.82) is 0 Å². The number of amides is 1. The van der Waals surface area contributed by atoms with Gasteiger partial charge in [-0.15, -0.1) is 0 Å². The Bertz CT molecular complexity index is 430. The molecule has 3 N–H and O–H groups in total. The predicted octanol–water partition coefficient (Wildman–Crippen LogP) is 1.24. The second-order valence-corrected chi connectivity index (χ2v) is 4.69. The van der Waals surface area contributed by atoms with Gasteiger partial charge in [0.2, 0.25) is 5.91 Å². The lowest BCUT2D eigenvalue weighted by Crippen LogP contribution is -2.33. The van der Waals surface area contributed by atoms with Crippen molar-refractivity contribution in [2.75, 3.05) is 25.0 Å². The maximum Gasteiger partial charge on any atom is 0.250 e. The zero-order valence-corrected chi connectivity index (χ0v) is 10.5. The number of likely N-dealkylation sites (N-methyl/N-ethyl adjacent to an activating group) is 1. The first-order valence-corrected chi connectivity index (χ1v) is 6.00. The van der Waals surface area contributed by atoms with E-state index in [2.05, 4.69) is 10.2 Å². The molecule has 4 nitrogen and oxygen atoms in total. The molecule has 92 valence electrons. The fourth-order valence-corrected chi connectivity index (χ4v) is 2.37. The first-order valence-electron chi connectivity index (χ1n) is 5.62. The fourth-order valence-electron chi connectivity index (χ4n) is 2.10. The van der Waals surface area contributed by atoms with Crippen LogP contribution in [0.2, 0.25) is 5.02 Å². The number of primary amides is 1. The van der Waals surface area contributed by atoms with Crippen LogP contribution in [-0.4, -0.2) is 32.1 Å². The molecule has 0 radical (unpaired) electrons. The van der Waals surface area contributed by atoms with Gasteiger partial charge in [-0.05, 0) is 31.2 Å².